The fourth-order valence-electron chi connectivity index (χ4n) is 4.83. The number of aromatic nitrogens is 7. The van der Waals surface area contributed by atoms with E-state index >= 15 is 0 Å². The molecule has 0 saturated heterocycles. The highest BCUT2D eigenvalue weighted by Gasteiger charge is 2.23. The first-order valence-electron chi connectivity index (χ1n) is 10.9. The van der Waals surface area contributed by atoms with E-state index in [0.717, 1.165) is 64.5 Å². The van der Waals surface area contributed by atoms with Crippen LogP contribution in [0, 0.1) is 5.92 Å². The van der Waals surface area contributed by atoms with Crippen molar-refractivity contribution in [2.75, 3.05) is 0 Å². The Hall–Kier alpha value is -3.59. The minimum Gasteiger partial charge on any atom is -0.393 e. The fraction of sp³-hybridized carbons (Fsp3) is 0.348. The molecule has 0 unspecified atom stereocenters. The Morgan fingerprint density at radius 3 is 2.81 bits per heavy atom. The van der Waals surface area contributed by atoms with Crippen molar-refractivity contribution in [3.8, 4) is 11.3 Å². The maximum atomic E-state index is 13.1. The van der Waals surface area contributed by atoms with Crippen molar-refractivity contribution in [3.05, 3.63) is 47.3 Å². The van der Waals surface area contributed by atoms with Gasteiger partial charge in [-0.1, -0.05) is 0 Å². The second-order valence-electron chi connectivity index (χ2n) is 8.71. The molecule has 1 aliphatic carbocycles. The SMILES string of the molecule is Cn1c(=O)n(CC2CCC(O)CC2)c2c3nc(-c4cnc5[nH]ncc5c4)ccc3ncc21. The van der Waals surface area contributed by atoms with Gasteiger partial charge in [0.1, 0.15) is 5.52 Å². The molecule has 9 heteroatoms. The quantitative estimate of drug-likeness (QED) is 0.456. The molecule has 0 bridgehead atoms. The predicted molar refractivity (Wildman–Crippen MR) is 121 cm³/mol. The highest BCUT2D eigenvalue weighted by molar-refractivity contribution is 6.00. The molecule has 0 atom stereocenters. The average molecular weight is 429 g/mol. The number of fused-ring (bicyclic) bond motifs is 4. The zero-order valence-electron chi connectivity index (χ0n) is 17.7. The number of hydrogen-bond acceptors (Lipinski definition) is 6. The van der Waals surface area contributed by atoms with Gasteiger partial charge in [-0.05, 0) is 49.8 Å². The van der Waals surface area contributed by atoms with E-state index < -0.39 is 0 Å². The van der Waals surface area contributed by atoms with Crippen LogP contribution in [0.25, 0.3) is 44.4 Å². The molecule has 0 radical (unpaired) electrons. The first-order chi connectivity index (χ1) is 15.6. The molecule has 162 valence electrons. The van der Waals surface area contributed by atoms with Crippen LogP contribution in [-0.4, -0.2) is 45.5 Å². The van der Waals surface area contributed by atoms with E-state index in [9.17, 15) is 9.90 Å². The van der Waals surface area contributed by atoms with Gasteiger partial charge in [-0.25, -0.2) is 14.8 Å². The molecular weight excluding hydrogens is 406 g/mol. The lowest BCUT2D eigenvalue weighted by Crippen LogP contribution is -2.28. The van der Waals surface area contributed by atoms with Gasteiger partial charge in [-0.3, -0.25) is 19.2 Å². The molecule has 9 nitrogen and oxygen atoms in total. The second kappa shape index (κ2) is 7.23. The number of pyridine rings is 3. The van der Waals surface area contributed by atoms with Crippen LogP contribution < -0.4 is 5.69 Å². The van der Waals surface area contributed by atoms with Crippen molar-refractivity contribution >= 4 is 33.1 Å². The van der Waals surface area contributed by atoms with Crippen molar-refractivity contribution in [3.63, 3.8) is 0 Å². The summed E-state index contributed by atoms with van der Waals surface area (Å²) in [7, 11) is 1.78. The summed E-state index contributed by atoms with van der Waals surface area (Å²) in [6, 6.07) is 5.87. The minimum absolute atomic E-state index is 0.0610. The molecule has 5 aromatic heterocycles. The van der Waals surface area contributed by atoms with Crippen molar-refractivity contribution in [2.45, 2.75) is 38.3 Å². The van der Waals surface area contributed by atoms with Crippen LogP contribution in [0.4, 0.5) is 0 Å². The van der Waals surface area contributed by atoms with Crippen LogP contribution in [0.5, 0.6) is 0 Å². The van der Waals surface area contributed by atoms with Gasteiger partial charge in [-0.2, -0.15) is 5.10 Å². The van der Waals surface area contributed by atoms with Crippen LogP contribution in [-0.2, 0) is 13.6 Å². The van der Waals surface area contributed by atoms with Crippen molar-refractivity contribution in [2.24, 2.45) is 13.0 Å². The lowest BCUT2D eigenvalue weighted by atomic mass is 9.87. The van der Waals surface area contributed by atoms with E-state index in [1.165, 1.54) is 0 Å². The zero-order valence-corrected chi connectivity index (χ0v) is 17.7. The van der Waals surface area contributed by atoms with Gasteiger partial charge in [0, 0.05) is 30.7 Å². The number of imidazole rings is 1. The lowest BCUT2D eigenvalue weighted by Gasteiger charge is -2.25. The Labute approximate surface area is 182 Å². The molecule has 32 heavy (non-hydrogen) atoms. The number of aliphatic hydroxyl groups excluding tert-OH is 1. The summed E-state index contributed by atoms with van der Waals surface area (Å²) in [5.74, 6) is 0.362. The van der Waals surface area contributed by atoms with E-state index in [-0.39, 0.29) is 11.8 Å². The number of rotatable bonds is 3. The van der Waals surface area contributed by atoms with Crippen molar-refractivity contribution in [1.82, 2.24) is 34.3 Å². The average Bonchev–Trinajstić information content (AvgIpc) is 3.38. The number of nitrogens with one attached hydrogen (secondary N) is 1. The lowest BCUT2D eigenvalue weighted by molar-refractivity contribution is 0.104. The third-order valence-corrected chi connectivity index (χ3v) is 6.66. The smallest absolute Gasteiger partial charge is 0.328 e. The summed E-state index contributed by atoms with van der Waals surface area (Å²) in [6.45, 7) is 0.621. The molecule has 1 saturated carbocycles. The van der Waals surface area contributed by atoms with Crippen LogP contribution in [0.1, 0.15) is 25.7 Å². The number of nitrogens with zero attached hydrogens (tertiary/aromatic N) is 6. The van der Waals surface area contributed by atoms with Crippen LogP contribution >= 0.6 is 0 Å². The maximum Gasteiger partial charge on any atom is 0.328 e. The number of aryl methyl sites for hydroxylation is 1. The molecule has 5 aromatic rings. The van der Waals surface area contributed by atoms with E-state index in [4.69, 9.17) is 4.98 Å². The standard InChI is InChI=1S/C23H23N7O2/c1-29-19-11-24-18-7-6-17(14-8-15-10-26-28-22(15)25-9-14)27-20(18)21(19)30(23(29)32)12-13-2-4-16(31)5-3-13/h6-11,13,16,31H,2-5,12H2,1H3,(H,25,26,28). The first kappa shape index (κ1) is 19.1. The summed E-state index contributed by atoms with van der Waals surface area (Å²) in [6.07, 6.45) is 8.46. The highest BCUT2D eigenvalue weighted by Crippen LogP contribution is 2.29. The zero-order chi connectivity index (χ0) is 21.8. The fourth-order valence-corrected chi connectivity index (χ4v) is 4.83. The van der Waals surface area contributed by atoms with Gasteiger partial charge in [0.25, 0.3) is 0 Å². The number of hydrogen-bond donors (Lipinski definition) is 2. The highest BCUT2D eigenvalue weighted by atomic mass is 16.3. The number of H-pyrrole nitrogens is 1. The third kappa shape index (κ3) is 3.00. The van der Waals surface area contributed by atoms with Gasteiger partial charge in [0.15, 0.2) is 5.65 Å². The minimum atomic E-state index is -0.217. The maximum absolute atomic E-state index is 13.1. The van der Waals surface area contributed by atoms with E-state index in [1.807, 2.05) is 22.8 Å². The largest absolute Gasteiger partial charge is 0.393 e. The molecule has 6 rings (SSSR count). The summed E-state index contributed by atoms with van der Waals surface area (Å²) in [5.41, 5.74) is 5.36. The Balaban J connectivity index is 1.52. The van der Waals surface area contributed by atoms with E-state index in [1.54, 1.807) is 30.2 Å². The molecule has 5 heterocycles. The van der Waals surface area contributed by atoms with Crippen molar-refractivity contribution < 1.29 is 5.11 Å². The molecule has 2 N–H and O–H groups in total. The molecule has 0 aliphatic heterocycles. The molecule has 1 fully saturated rings. The van der Waals surface area contributed by atoms with Gasteiger partial charge >= 0.3 is 5.69 Å². The monoisotopic (exact) mass is 429 g/mol. The molecule has 0 aromatic carbocycles. The van der Waals surface area contributed by atoms with Crippen LogP contribution in [0.15, 0.2) is 41.6 Å². The first-order valence-corrected chi connectivity index (χ1v) is 10.9. The Morgan fingerprint density at radius 2 is 1.97 bits per heavy atom. The van der Waals surface area contributed by atoms with Crippen LogP contribution in [0.2, 0.25) is 0 Å². The molecule has 1 aliphatic rings. The Kier molecular flexibility index (Phi) is 4.32. The predicted octanol–water partition coefficient (Wildman–Crippen LogP) is 2.77. The van der Waals surface area contributed by atoms with Gasteiger partial charge in [0.2, 0.25) is 0 Å². The normalized spacial score (nSPS) is 19.3. The Bertz CT molecular complexity index is 1520. The molecular formula is C23H23N7O2. The summed E-state index contributed by atoms with van der Waals surface area (Å²) < 4.78 is 3.49. The van der Waals surface area contributed by atoms with E-state index in [2.05, 4.69) is 20.2 Å². The van der Waals surface area contributed by atoms with Gasteiger partial charge in [0.05, 0.1) is 40.7 Å². The van der Waals surface area contributed by atoms with Crippen LogP contribution in [0.3, 0.4) is 0 Å². The van der Waals surface area contributed by atoms with Gasteiger partial charge < -0.3 is 5.11 Å². The topological polar surface area (TPSA) is 115 Å². The van der Waals surface area contributed by atoms with Gasteiger partial charge in [-0.15, -0.1) is 0 Å². The summed E-state index contributed by atoms with van der Waals surface area (Å²) in [4.78, 5) is 27.1. The van der Waals surface area contributed by atoms with Crippen molar-refractivity contribution in [1.29, 1.82) is 0 Å². The number of aliphatic hydroxyl groups is 1. The summed E-state index contributed by atoms with van der Waals surface area (Å²) in [5, 5.41) is 17.7. The second-order valence-corrected chi connectivity index (χ2v) is 8.71. The summed E-state index contributed by atoms with van der Waals surface area (Å²) >= 11 is 0. The molecule has 0 spiro atoms. The Morgan fingerprint density at radius 1 is 1.12 bits per heavy atom. The molecule has 0 amide bonds. The van der Waals surface area contributed by atoms with E-state index in [0.29, 0.717) is 18.0 Å². The third-order valence-electron chi connectivity index (χ3n) is 6.66. The number of aromatic amines is 1.